The average molecular weight is 440 g/mol. The number of rotatable bonds is 6. The van der Waals surface area contributed by atoms with Gasteiger partial charge in [0.25, 0.3) is 0 Å². The van der Waals surface area contributed by atoms with Crippen molar-refractivity contribution in [1.82, 2.24) is 15.5 Å². The summed E-state index contributed by atoms with van der Waals surface area (Å²) in [5.41, 5.74) is 6.67. The van der Waals surface area contributed by atoms with E-state index in [0.717, 1.165) is 38.3 Å². The van der Waals surface area contributed by atoms with Crippen LogP contribution in [0.1, 0.15) is 16.8 Å². The number of nitrogens with one attached hydrogen (secondary N) is 1. The van der Waals surface area contributed by atoms with Gasteiger partial charge in [0.2, 0.25) is 5.91 Å². The predicted molar refractivity (Wildman–Crippen MR) is 127 cm³/mol. The summed E-state index contributed by atoms with van der Waals surface area (Å²) in [7, 11) is 0. The van der Waals surface area contributed by atoms with Gasteiger partial charge in [-0.15, -0.1) is 11.3 Å². The number of nitrogens with zero attached hydrogens (tertiary/aromatic N) is 2. The number of fused-ring (bicyclic) bond motifs is 1. The Morgan fingerprint density at radius 1 is 1.00 bits per heavy atom. The number of carbonyl (C=O) groups is 1. The molecular weight excluding hydrogens is 418 g/mol. The van der Waals surface area contributed by atoms with Gasteiger partial charge in [-0.05, 0) is 24.6 Å². The summed E-state index contributed by atoms with van der Waals surface area (Å²) >= 11 is 1.63. The molecule has 158 valence electrons. The van der Waals surface area contributed by atoms with Crippen molar-refractivity contribution in [3.05, 3.63) is 95.0 Å². The molecule has 2 heterocycles. The van der Waals surface area contributed by atoms with Crippen molar-refractivity contribution < 1.29 is 9.32 Å². The fraction of sp³-hybridized carbons (Fsp3) is 0.115. The molecule has 0 aliphatic heterocycles. The molecule has 0 spiro atoms. The highest BCUT2D eigenvalue weighted by atomic mass is 32.1. The third-order valence-corrected chi connectivity index (χ3v) is 6.18. The zero-order valence-corrected chi connectivity index (χ0v) is 18.4. The molecule has 32 heavy (non-hydrogen) atoms. The molecule has 5 rings (SSSR count). The number of benzene rings is 3. The van der Waals surface area contributed by atoms with Gasteiger partial charge in [0.15, 0.2) is 5.58 Å². The molecule has 0 saturated carbocycles. The number of hydrogen-bond acceptors (Lipinski definition) is 5. The van der Waals surface area contributed by atoms with Gasteiger partial charge in [-0.2, -0.15) is 0 Å². The Labute approximate surface area is 189 Å². The van der Waals surface area contributed by atoms with Gasteiger partial charge in [-0.1, -0.05) is 71.4 Å². The van der Waals surface area contributed by atoms with Gasteiger partial charge in [-0.3, -0.25) is 4.79 Å². The average Bonchev–Trinajstić information content (AvgIpc) is 3.46. The topological polar surface area (TPSA) is 68.0 Å². The van der Waals surface area contributed by atoms with E-state index in [-0.39, 0.29) is 12.3 Å². The van der Waals surface area contributed by atoms with Crippen molar-refractivity contribution in [2.75, 3.05) is 0 Å². The number of aryl methyl sites for hydroxylation is 1. The van der Waals surface area contributed by atoms with Crippen LogP contribution < -0.4 is 5.32 Å². The van der Waals surface area contributed by atoms with E-state index < -0.39 is 0 Å². The minimum Gasteiger partial charge on any atom is -0.356 e. The maximum atomic E-state index is 12.4. The summed E-state index contributed by atoms with van der Waals surface area (Å²) < 4.78 is 5.32. The van der Waals surface area contributed by atoms with E-state index in [9.17, 15) is 4.79 Å². The number of thiazole rings is 1. The monoisotopic (exact) mass is 439 g/mol. The van der Waals surface area contributed by atoms with Gasteiger partial charge in [0.1, 0.15) is 10.7 Å². The maximum absolute atomic E-state index is 12.4. The van der Waals surface area contributed by atoms with Crippen LogP contribution in [-0.2, 0) is 17.8 Å². The lowest BCUT2D eigenvalue weighted by atomic mass is 10.1. The summed E-state index contributed by atoms with van der Waals surface area (Å²) in [5.74, 6) is -0.0850. The van der Waals surface area contributed by atoms with Gasteiger partial charge in [0, 0.05) is 28.4 Å². The van der Waals surface area contributed by atoms with E-state index in [0.29, 0.717) is 17.8 Å². The van der Waals surface area contributed by atoms with Crippen LogP contribution in [0.2, 0.25) is 0 Å². The van der Waals surface area contributed by atoms with E-state index in [4.69, 9.17) is 9.51 Å². The first kappa shape index (κ1) is 20.2. The molecule has 0 radical (unpaired) electrons. The smallest absolute Gasteiger partial charge is 0.226 e. The molecule has 5 aromatic rings. The van der Waals surface area contributed by atoms with Crippen molar-refractivity contribution in [3.63, 3.8) is 0 Å². The largest absolute Gasteiger partial charge is 0.356 e. The van der Waals surface area contributed by atoms with Gasteiger partial charge in [0.05, 0.1) is 12.1 Å². The number of carbonyl (C=O) groups excluding carboxylic acids is 1. The molecule has 0 fully saturated rings. The lowest BCUT2D eigenvalue weighted by Crippen LogP contribution is -2.24. The molecule has 0 aliphatic rings. The maximum Gasteiger partial charge on any atom is 0.226 e. The van der Waals surface area contributed by atoms with Crippen molar-refractivity contribution in [2.24, 2.45) is 0 Å². The quantitative estimate of drug-likeness (QED) is 0.364. The first-order chi connectivity index (χ1) is 15.7. The first-order valence-electron chi connectivity index (χ1n) is 10.4. The van der Waals surface area contributed by atoms with Crippen molar-refractivity contribution in [2.45, 2.75) is 19.9 Å². The molecule has 3 aromatic carbocycles. The Hall–Kier alpha value is -3.77. The van der Waals surface area contributed by atoms with Crippen LogP contribution >= 0.6 is 11.3 Å². The van der Waals surface area contributed by atoms with Crippen LogP contribution in [0.4, 0.5) is 0 Å². The third kappa shape index (κ3) is 4.31. The molecule has 1 amide bonds. The normalized spacial score (nSPS) is 11.0. The Morgan fingerprint density at radius 3 is 2.62 bits per heavy atom. The van der Waals surface area contributed by atoms with E-state index >= 15 is 0 Å². The fourth-order valence-corrected chi connectivity index (χ4v) is 4.39. The molecule has 6 heteroatoms. The first-order valence-corrected chi connectivity index (χ1v) is 11.3. The molecule has 0 unspecified atom stereocenters. The zero-order chi connectivity index (χ0) is 21.9. The molecule has 0 atom stereocenters. The molecule has 2 aromatic heterocycles. The second-order valence-corrected chi connectivity index (χ2v) is 8.54. The van der Waals surface area contributed by atoms with Crippen LogP contribution in [0.15, 0.2) is 82.7 Å². The van der Waals surface area contributed by atoms with Crippen LogP contribution in [0.3, 0.4) is 0 Å². The lowest BCUT2D eigenvalue weighted by molar-refractivity contribution is -0.120. The van der Waals surface area contributed by atoms with E-state index in [2.05, 4.69) is 28.0 Å². The van der Waals surface area contributed by atoms with Crippen LogP contribution in [0.5, 0.6) is 0 Å². The summed E-state index contributed by atoms with van der Waals surface area (Å²) in [6, 6.07) is 24.1. The van der Waals surface area contributed by atoms with Crippen molar-refractivity contribution >= 4 is 28.2 Å². The summed E-state index contributed by atoms with van der Waals surface area (Å²) in [5, 5.41) is 11.0. The predicted octanol–water partition coefficient (Wildman–Crippen LogP) is 5.79. The summed E-state index contributed by atoms with van der Waals surface area (Å²) in [6.07, 6.45) is 0.190. The van der Waals surface area contributed by atoms with Gasteiger partial charge < -0.3 is 9.84 Å². The van der Waals surface area contributed by atoms with E-state index in [1.165, 1.54) is 0 Å². The number of aromatic nitrogens is 2. The van der Waals surface area contributed by atoms with E-state index in [1.54, 1.807) is 11.3 Å². The second-order valence-electron chi connectivity index (χ2n) is 7.68. The highest BCUT2D eigenvalue weighted by Crippen LogP contribution is 2.29. The molecular formula is C26H21N3O2S. The fourth-order valence-electron chi connectivity index (χ4n) is 3.56. The summed E-state index contributed by atoms with van der Waals surface area (Å²) in [6.45, 7) is 2.47. The van der Waals surface area contributed by atoms with Crippen LogP contribution in [-0.4, -0.2) is 16.0 Å². The summed E-state index contributed by atoms with van der Waals surface area (Å²) in [4.78, 5) is 17.2. The van der Waals surface area contributed by atoms with Crippen LogP contribution in [0, 0.1) is 6.92 Å². The minimum atomic E-state index is -0.0850. The molecule has 0 aliphatic carbocycles. The number of amides is 1. The molecule has 0 saturated heterocycles. The number of hydrogen-bond donors (Lipinski definition) is 1. The van der Waals surface area contributed by atoms with Gasteiger partial charge >= 0.3 is 0 Å². The highest BCUT2D eigenvalue weighted by molar-refractivity contribution is 7.13. The minimum absolute atomic E-state index is 0.0850. The highest BCUT2D eigenvalue weighted by Gasteiger charge is 2.13. The molecule has 5 nitrogen and oxygen atoms in total. The Bertz CT molecular complexity index is 1370. The molecule has 1 N–H and O–H groups in total. The standard InChI is InChI=1S/C26H21N3O2S/c1-17-7-12-24-21(13-17)22(29-31-24)14-25(30)27-15-18-8-10-20(11-9-18)26-28-23(16-32-26)19-5-3-2-4-6-19/h2-13,16H,14-15H2,1H3,(H,27,30). The second kappa shape index (κ2) is 8.77. The molecule has 0 bridgehead atoms. The third-order valence-electron chi connectivity index (χ3n) is 5.29. The Kier molecular flexibility index (Phi) is 5.52. The van der Waals surface area contributed by atoms with Crippen molar-refractivity contribution in [3.8, 4) is 21.8 Å². The zero-order valence-electron chi connectivity index (χ0n) is 17.5. The van der Waals surface area contributed by atoms with Crippen LogP contribution in [0.25, 0.3) is 32.8 Å². The Morgan fingerprint density at radius 2 is 1.81 bits per heavy atom. The van der Waals surface area contributed by atoms with E-state index in [1.807, 2.05) is 67.6 Å². The van der Waals surface area contributed by atoms with Crippen molar-refractivity contribution in [1.29, 1.82) is 0 Å². The van der Waals surface area contributed by atoms with Gasteiger partial charge in [-0.25, -0.2) is 4.98 Å². The SMILES string of the molecule is Cc1ccc2onc(CC(=O)NCc3ccc(-c4nc(-c5ccccc5)cs4)cc3)c2c1. The lowest BCUT2D eigenvalue weighted by Gasteiger charge is -2.05. The Balaban J connectivity index is 1.21.